The Morgan fingerprint density at radius 1 is 1.34 bits per heavy atom. The van der Waals surface area contributed by atoms with Crippen LogP contribution in [0.2, 0.25) is 5.02 Å². The van der Waals surface area contributed by atoms with Crippen molar-refractivity contribution >= 4 is 29.3 Å². The van der Waals surface area contributed by atoms with Crippen molar-refractivity contribution in [3.63, 3.8) is 0 Å². The van der Waals surface area contributed by atoms with E-state index in [1.165, 1.54) is 13.2 Å². The summed E-state index contributed by atoms with van der Waals surface area (Å²) in [7, 11) is 1.54. The standard InChI is InChI=1S/C22H27ClN4O5/c1-13-4-3-5-14(8-13)12-32-19(28)11-27-7-6-17(18(10-27)31-2)25-21(29)15-9-16(23)20(24)26-22(15)30/h3-5,8-9,17-18H,6-7,10-12H2,1-2H3,(H,25,29)(H3,24,26,30)/t17-,18+/m0/s1. The number of aromatic nitrogens is 1. The highest BCUT2D eigenvalue weighted by Crippen LogP contribution is 2.17. The summed E-state index contributed by atoms with van der Waals surface area (Å²) in [5.41, 5.74) is 6.85. The minimum absolute atomic E-state index is 0.00516. The number of likely N-dealkylation sites (tertiary alicyclic amines) is 1. The Labute approximate surface area is 190 Å². The van der Waals surface area contributed by atoms with Gasteiger partial charge in [0.05, 0.1) is 23.7 Å². The van der Waals surface area contributed by atoms with Gasteiger partial charge in [-0.25, -0.2) is 0 Å². The first kappa shape index (κ1) is 23.8. The molecule has 3 rings (SSSR count). The summed E-state index contributed by atoms with van der Waals surface area (Å²) in [6.07, 6.45) is 0.177. The number of piperidine rings is 1. The average Bonchev–Trinajstić information content (AvgIpc) is 2.75. The molecule has 0 saturated carbocycles. The molecule has 2 atom stereocenters. The summed E-state index contributed by atoms with van der Waals surface area (Å²) < 4.78 is 10.9. The van der Waals surface area contributed by atoms with Gasteiger partial charge >= 0.3 is 5.97 Å². The number of rotatable bonds is 7. The number of methoxy groups -OCH3 is 1. The van der Waals surface area contributed by atoms with E-state index in [4.69, 9.17) is 26.8 Å². The number of aromatic amines is 1. The number of anilines is 1. The molecule has 2 heterocycles. The number of halogens is 1. The first-order valence-corrected chi connectivity index (χ1v) is 10.6. The third kappa shape index (κ3) is 6.09. The van der Waals surface area contributed by atoms with Crippen LogP contribution in [0.5, 0.6) is 0 Å². The lowest BCUT2D eigenvalue weighted by Gasteiger charge is -2.37. The van der Waals surface area contributed by atoms with Crippen LogP contribution in [-0.4, -0.2) is 60.7 Å². The third-order valence-electron chi connectivity index (χ3n) is 5.36. The second-order valence-electron chi connectivity index (χ2n) is 7.80. The van der Waals surface area contributed by atoms with Crippen molar-refractivity contribution in [1.29, 1.82) is 0 Å². The molecular formula is C22H27ClN4O5. The van der Waals surface area contributed by atoms with Gasteiger partial charge in [-0.15, -0.1) is 0 Å². The van der Waals surface area contributed by atoms with Gasteiger partial charge in [0.1, 0.15) is 18.0 Å². The van der Waals surface area contributed by atoms with Gasteiger partial charge < -0.3 is 25.5 Å². The lowest BCUT2D eigenvalue weighted by molar-refractivity contribution is -0.147. The molecule has 10 heteroatoms. The molecule has 1 fully saturated rings. The largest absolute Gasteiger partial charge is 0.460 e. The van der Waals surface area contributed by atoms with Crippen LogP contribution in [0.25, 0.3) is 0 Å². The number of carbonyl (C=O) groups is 2. The first-order valence-electron chi connectivity index (χ1n) is 10.2. The van der Waals surface area contributed by atoms with Gasteiger partial charge in [0.25, 0.3) is 11.5 Å². The van der Waals surface area contributed by atoms with E-state index in [0.717, 1.165) is 11.1 Å². The van der Waals surface area contributed by atoms with E-state index >= 15 is 0 Å². The van der Waals surface area contributed by atoms with Crippen LogP contribution in [0.3, 0.4) is 0 Å². The molecule has 1 aromatic carbocycles. The number of nitrogens with two attached hydrogens (primary N) is 1. The number of carbonyl (C=O) groups excluding carboxylic acids is 2. The second-order valence-corrected chi connectivity index (χ2v) is 8.21. The highest BCUT2D eigenvalue weighted by Gasteiger charge is 2.32. The molecule has 1 amide bonds. The highest BCUT2D eigenvalue weighted by molar-refractivity contribution is 6.33. The van der Waals surface area contributed by atoms with Crippen LogP contribution < -0.4 is 16.6 Å². The molecule has 32 heavy (non-hydrogen) atoms. The lowest BCUT2D eigenvalue weighted by atomic mass is 10.0. The fourth-order valence-corrected chi connectivity index (χ4v) is 3.81. The quantitative estimate of drug-likeness (QED) is 0.532. The number of nitrogen functional groups attached to an aromatic ring is 1. The topological polar surface area (TPSA) is 127 Å². The summed E-state index contributed by atoms with van der Waals surface area (Å²) in [4.78, 5) is 41.2. The number of hydrogen-bond acceptors (Lipinski definition) is 7. The molecule has 172 valence electrons. The maximum Gasteiger partial charge on any atom is 0.320 e. The summed E-state index contributed by atoms with van der Waals surface area (Å²) >= 11 is 5.92. The molecule has 0 spiro atoms. The predicted octanol–water partition coefficient (Wildman–Crippen LogP) is 1.48. The summed E-state index contributed by atoms with van der Waals surface area (Å²) in [5, 5.41) is 2.92. The van der Waals surface area contributed by atoms with Crippen LogP contribution in [0.15, 0.2) is 35.1 Å². The smallest absolute Gasteiger partial charge is 0.320 e. The van der Waals surface area contributed by atoms with Gasteiger partial charge in [-0.2, -0.15) is 0 Å². The van der Waals surface area contributed by atoms with Crippen molar-refractivity contribution in [2.45, 2.75) is 32.1 Å². The van der Waals surface area contributed by atoms with Gasteiger partial charge in [0, 0.05) is 20.2 Å². The van der Waals surface area contributed by atoms with Crippen molar-refractivity contribution in [3.05, 3.63) is 62.4 Å². The molecule has 0 radical (unpaired) electrons. The van der Waals surface area contributed by atoms with Crippen LogP contribution in [0, 0.1) is 6.92 Å². The number of amides is 1. The fourth-order valence-electron chi connectivity index (χ4n) is 3.66. The Morgan fingerprint density at radius 2 is 2.12 bits per heavy atom. The summed E-state index contributed by atoms with van der Waals surface area (Å²) in [5.74, 6) is -0.885. The maximum absolute atomic E-state index is 12.6. The van der Waals surface area contributed by atoms with Crippen LogP contribution in [-0.2, 0) is 20.9 Å². The zero-order chi connectivity index (χ0) is 23.3. The van der Waals surface area contributed by atoms with E-state index in [2.05, 4.69) is 10.3 Å². The number of aryl methyl sites for hydroxylation is 1. The van der Waals surface area contributed by atoms with Crippen molar-refractivity contribution < 1.29 is 19.1 Å². The number of nitrogens with zero attached hydrogens (tertiary/aromatic N) is 1. The molecule has 1 aliphatic rings. The van der Waals surface area contributed by atoms with E-state index in [1.54, 1.807) is 0 Å². The minimum atomic E-state index is -0.618. The molecule has 4 N–H and O–H groups in total. The molecular weight excluding hydrogens is 436 g/mol. The maximum atomic E-state index is 12.6. The Bertz CT molecular complexity index is 1040. The molecule has 9 nitrogen and oxygen atoms in total. The molecule has 1 aromatic heterocycles. The number of H-pyrrole nitrogens is 1. The van der Waals surface area contributed by atoms with Crippen LogP contribution in [0.1, 0.15) is 27.9 Å². The van der Waals surface area contributed by atoms with E-state index in [1.807, 2.05) is 36.1 Å². The zero-order valence-corrected chi connectivity index (χ0v) is 18.8. The Kier molecular flexibility index (Phi) is 7.89. The summed E-state index contributed by atoms with van der Waals surface area (Å²) in [6.45, 7) is 3.32. The Balaban J connectivity index is 1.53. The highest BCUT2D eigenvalue weighted by atomic mass is 35.5. The van der Waals surface area contributed by atoms with Gasteiger partial charge in [-0.05, 0) is 25.0 Å². The second kappa shape index (κ2) is 10.6. The average molecular weight is 463 g/mol. The molecule has 0 aliphatic carbocycles. The van der Waals surface area contributed by atoms with Gasteiger partial charge in [-0.3, -0.25) is 19.3 Å². The zero-order valence-electron chi connectivity index (χ0n) is 18.0. The molecule has 1 aliphatic heterocycles. The SMILES string of the molecule is CO[C@@H]1CN(CC(=O)OCc2cccc(C)c2)CC[C@@H]1NC(=O)c1cc(Cl)c(N)[nH]c1=O. The van der Waals surface area contributed by atoms with Crippen molar-refractivity contribution in [2.24, 2.45) is 0 Å². The number of pyridine rings is 1. The van der Waals surface area contributed by atoms with Crippen molar-refractivity contribution in [3.8, 4) is 0 Å². The van der Waals surface area contributed by atoms with Crippen molar-refractivity contribution in [2.75, 3.05) is 32.5 Å². The van der Waals surface area contributed by atoms with Gasteiger partial charge in [0.2, 0.25) is 0 Å². The van der Waals surface area contributed by atoms with E-state index in [0.29, 0.717) is 19.5 Å². The molecule has 2 aromatic rings. The monoisotopic (exact) mass is 462 g/mol. The van der Waals surface area contributed by atoms with Crippen LogP contribution in [0.4, 0.5) is 5.82 Å². The number of benzene rings is 1. The normalized spacial score (nSPS) is 18.8. The Hall–Kier alpha value is -2.88. The lowest BCUT2D eigenvalue weighted by Crippen LogP contribution is -2.56. The van der Waals surface area contributed by atoms with Crippen LogP contribution >= 0.6 is 11.6 Å². The number of nitrogens with one attached hydrogen (secondary N) is 2. The number of hydrogen-bond donors (Lipinski definition) is 3. The van der Waals surface area contributed by atoms with E-state index < -0.39 is 11.5 Å². The minimum Gasteiger partial charge on any atom is -0.460 e. The first-order chi connectivity index (χ1) is 15.3. The van der Waals surface area contributed by atoms with Gasteiger partial charge in [0.15, 0.2) is 0 Å². The Morgan fingerprint density at radius 3 is 2.84 bits per heavy atom. The molecule has 1 saturated heterocycles. The number of esters is 1. The van der Waals surface area contributed by atoms with Crippen molar-refractivity contribution in [1.82, 2.24) is 15.2 Å². The number of ether oxygens (including phenoxy) is 2. The molecule has 0 bridgehead atoms. The van der Waals surface area contributed by atoms with E-state index in [9.17, 15) is 14.4 Å². The van der Waals surface area contributed by atoms with Gasteiger partial charge in [-0.1, -0.05) is 41.4 Å². The molecule has 0 unspecified atom stereocenters. The summed E-state index contributed by atoms with van der Waals surface area (Å²) in [6, 6.07) is 8.70. The fraction of sp³-hybridized carbons (Fsp3) is 0.409. The van der Waals surface area contributed by atoms with E-state index in [-0.39, 0.29) is 47.7 Å². The third-order valence-corrected chi connectivity index (χ3v) is 5.68. The predicted molar refractivity (Wildman–Crippen MR) is 121 cm³/mol.